The van der Waals surface area contributed by atoms with Crippen LogP contribution in [0.4, 0.5) is 0 Å². The van der Waals surface area contributed by atoms with Gasteiger partial charge in [-0.25, -0.2) is 0 Å². The highest BCUT2D eigenvalue weighted by molar-refractivity contribution is 6.21. The van der Waals surface area contributed by atoms with Crippen molar-refractivity contribution in [2.75, 3.05) is 13.2 Å². The van der Waals surface area contributed by atoms with Gasteiger partial charge >= 0.3 is 0 Å². The zero-order chi connectivity index (χ0) is 10.2. The second-order valence-corrected chi connectivity index (χ2v) is 2.70. The lowest BCUT2D eigenvalue weighted by molar-refractivity contribution is -0.0857. The van der Waals surface area contributed by atoms with E-state index >= 15 is 0 Å². The van der Waals surface area contributed by atoms with Gasteiger partial charge in [-0.3, -0.25) is 0 Å². The number of hydrogen-bond acceptors (Lipinski definition) is 5. The smallest absolute Gasteiger partial charge is 0.243 e. The van der Waals surface area contributed by atoms with Gasteiger partial charge < -0.3 is 25.5 Å². The normalized spacial score (nSPS) is 11.0. The molecule has 0 amide bonds. The van der Waals surface area contributed by atoms with Gasteiger partial charge in [-0.1, -0.05) is 18.5 Å². The summed E-state index contributed by atoms with van der Waals surface area (Å²) < 4.78 is 0. The summed E-state index contributed by atoms with van der Waals surface area (Å²) in [5.74, 6) is 0. The van der Waals surface area contributed by atoms with Gasteiger partial charge in [-0.15, -0.1) is 0 Å². The SMILES string of the molecule is CCC(O)(O)Cl.OCC(O)CO. The minimum absolute atomic E-state index is 0.147. The fourth-order valence-electron chi connectivity index (χ4n) is 0.0577. The largest absolute Gasteiger partial charge is 0.394 e. The molecule has 5 nitrogen and oxygen atoms in total. The minimum atomic E-state index is -1.99. The van der Waals surface area contributed by atoms with Gasteiger partial charge in [0.1, 0.15) is 6.10 Å². The molecule has 0 aromatic carbocycles. The molecule has 76 valence electrons. The van der Waals surface area contributed by atoms with E-state index in [2.05, 4.69) is 0 Å². The van der Waals surface area contributed by atoms with E-state index in [1.165, 1.54) is 0 Å². The maximum atomic E-state index is 8.17. The molecular weight excluding hydrogens is 188 g/mol. The summed E-state index contributed by atoms with van der Waals surface area (Å²) in [6, 6.07) is 0. The van der Waals surface area contributed by atoms with Crippen LogP contribution in [0.15, 0.2) is 0 Å². The first-order valence-electron chi connectivity index (χ1n) is 3.40. The Morgan fingerprint density at radius 3 is 1.50 bits per heavy atom. The summed E-state index contributed by atoms with van der Waals surface area (Å²) >= 11 is 4.83. The third kappa shape index (κ3) is 16.6. The van der Waals surface area contributed by atoms with Crippen LogP contribution in [0, 0.1) is 0 Å². The van der Waals surface area contributed by atoms with Crippen LogP contribution in [0.1, 0.15) is 13.3 Å². The number of rotatable bonds is 3. The van der Waals surface area contributed by atoms with E-state index in [0.29, 0.717) is 0 Å². The lowest BCUT2D eigenvalue weighted by Gasteiger charge is -2.06. The first-order valence-corrected chi connectivity index (χ1v) is 3.78. The summed E-state index contributed by atoms with van der Waals surface area (Å²) in [7, 11) is 0. The van der Waals surface area contributed by atoms with Gasteiger partial charge in [0.05, 0.1) is 13.2 Å². The molecule has 5 N–H and O–H groups in total. The number of aliphatic hydroxyl groups is 5. The van der Waals surface area contributed by atoms with Crippen LogP contribution in [0.2, 0.25) is 0 Å². The van der Waals surface area contributed by atoms with E-state index in [4.69, 9.17) is 37.1 Å². The van der Waals surface area contributed by atoms with Gasteiger partial charge in [0, 0.05) is 6.42 Å². The molecule has 0 aliphatic rings. The highest BCUT2D eigenvalue weighted by Crippen LogP contribution is 2.08. The topological polar surface area (TPSA) is 101 Å². The van der Waals surface area contributed by atoms with Crippen molar-refractivity contribution >= 4 is 11.6 Å². The first kappa shape index (κ1) is 14.6. The molecule has 0 atom stereocenters. The molecule has 6 heteroatoms. The summed E-state index contributed by atoms with van der Waals surface area (Å²) in [5.41, 5.74) is 0. The summed E-state index contributed by atoms with van der Waals surface area (Å²) in [4.78, 5) is 0. The Labute approximate surface area is 75.8 Å². The summed E-state index contributed by atoms with van der Waals surface area (Å²) in [5, 5.41) is 38.3. The predicted octanol–water partition coefficient (Wildman–Crippen LogP) is -1.39. The van der Waals surface area contributed by atoms with Crippen LogP contribution < -0.4 is 0 Å². The van der Waals surface area contributed by atoms with E-state index in [0.717, 1.165) is 0 Å². The number of hydrogen-bond donors (Lipinski definition) is 5. The maximum absolute atomic E-state index is 8.17. The Morgan fingerprint density at radius 1 is 1.25 bits per heavy atom. The molecule has 0 aromatic rings. The Hall–Kier alpha value is 0.0900. The van der Waals surface area contributed by atoms with Crippen molar-refractivity contribution in [1.29, 1.82) is 0 Å². The van der Waals surface area contributed by atoms with Crippen LogP contribution in [-0.2, 0) is 0 Å². The molecule has 0 saturated carbocycles. The van der Waals surface area contributed by atoms with E-state index in [9.17, 15) is 0 Å². The molecule has 0 radical (unpaired) electrons. The predicted molar refractivity (Wildman–Crippen MR) is 43.5 cm³/mol. The highest BCUT2D eigenvalue weighted by atomic mass is 35.5. The highest BCUT2D eigenvalue weighted by Gasteiger charge is 2.12. The summed E-state index contributed by atoms with van der Waals surface area (Å²) in [6.45, 7) is 0.847. The van der Waals surface area contributed by atoms with Gasteiger partial charge in [-0.05, 0) is 0 Å². The molecular formula is C6H15ClO5. The molecule has 0 spiro atoms. The van der Waals surface area contributed by atoms with Crippen LogP contribution in [-0.4, -0.2) is 50.1 Å². The maximum Gasteiger partial charge on any atom is 0.243 e. The molecule has 0 aromatic heterocycles. The van der Waals surface area contributed by atoms with E-state index in [1.807, 2.05) is 0 Å². The van der Waals surface area contributed by atoms with Crippen LogP contribution in [0.25, 0.3) is 0 Å². The van der Waals surface area contributed by atoms with Crippen molar-refractivity contribution in [3.05, 3.63) is 0 Å². The van der Waals surface area contributed by atoms with Gasteiger partial charge in [0.15, 0.2) is 0 Å². The standard InChI is InChI=1S/C3H7ClO2.C3H8O3/c1-2-3(4,5)6;4-1-3(6)2-5/h5-6H,2H2,1H3;3-6H,1-2H2. The van der Waals surface area contributed by atoms with Crippen molar-refractivity contribution in [2.24, 2.45) is 0 Å². The Kier molecular flexibility index (Phi) is 9.40. The third-order valence-electron chi connectivity index (χ3n) is 0.871. The van der Waals surface area contributed by atoms with Crippen LogP contribution in [0.5, 0.6) is 0 Å². The fraction of sp³-hybridized carbons (Fsp3) is 1.00. The van der Waals surface area contributed by atoms with E-state index < -0.39 is 11.4 Å². The van der Waals surface area contributed by atoms with Crippen molar-refractivity contribution < 1.29 is 25.5 Å². The van der Waals surface area contributed by atoms with Crippen molar-refractivity contribution in [1.82, 2.24) is 0 Å². The van der Waals surface area contributed by atoms with Crippen LogP contribution >= 0.6 is 11.6 Å². The fourth-order valence-corrected chi connectivity index (χ4v) is 0.0577. The minimum Gasteiger partial charge on any atom is -0.394 e. The zero-order valence-corrected chi connectivity index (χ0v) is 7.57. The molecule has 0 unspecified atom stereocenters. The first-order chi connectivity index (χ1) is 5.37. The van der Waals surface area contributed by atoms with Gasteiger partial charge in [0.2, 0.25) is 5.25 Å². The molecule has 12 heavy (non-hydrogen) atoms. The number of aliphatic hydroxyl groups excluding tert-OH is 3. The van der Waals surface area contributed by atoms with Gasteiger partial charge in [0.25, 0.3) is 0 Å². The monoisotopic (exact) mass is 202 g/mol. The van der Waals surface area contributed by atoms with Crippen LogP contribution in [0.3, 0.4) is 0 Å². The third-order valence-corrected chi connectivity index (χ3v) is 1.14. The number of halogens is 1. The Morgan fingerprint density at radius 2 is 1.50 bits per heavy atom. The quantitative estimate of drug-likeness (QED) is 0.287. The summed E-state index contributed by atoms with van der Waals surface area (Å²) in [6.07, 6.45) is -0.806. The Bertz CT molecular complexity index is 88.4. The number of alkyl halides is 1. The lowest BCUT2D eigenvalue weighted by Crippen LogP contribution is -2.16. The van der Waals surface area contributed by atoms with Crippen molar-refractivity contribution in [3.8, 4) is 0 Å². The molecule has 0 saturated heterocycles. The molecule has 0 rings (SSSR count). The molecule has 0 heterocycles. The Balaban J connectivity index is 0. The van der Waals surface area contributed by atoms with E-state index in [-0.39, 0.29) is 19.6 Å². The molecule has 0 fully saturated rings. The average Bonchev–Trinajstić information content (AvgIpc) is 2.03. The van der Waals surface area contributed by atoms with Gasteiger partial charge in [-0.2, -0.15) is 0 Å². The van der Waals surface area contributed by atoms with Crippen molar-refractivity contribution in [3.63, 3.8) is 0 Å². The molecule has 0 bridgehead atoms. The van der Waals surface area contributed by atoms with E-state index in [1.54, 1.807) is 6.92 Å². The second kappa shape index (κ2) is 7.72. The lowest BCUT2D eigenvalue weighted by atomic mass is 10.4. The molecule has 0 aliphatic heterocycles. The second-order valence-electron chi connectivity index (χ2n) is 2.09. The average molecular weight is 203 g/mol. The zero-order valence-electron chi connectivity index (χ0n) is 6.81. The molecule has 0 aliphatic carbocycles. The van der Waals surface area contributed by atoms with Crippen molar-refractivity contribution in [2.45, 2.75) is 24.7 Å².